The van der Waals surface area contributed by atoms with Crippen molar-refractivity contribution in [2.24, 2.45) is 5.41 Å². The molecule has 2 atom stereocenters. The molecule has 106 valence electrons. The molecule has 1 heterocycles. The van der Waals surface area contributed by atoms with E-state index in [1.165, 1.54) is 6.20 Å². The molecule has 1 aliphatic rings. The molecule has 0 saturated heterocycles. The first-order valence-corrected chi connectivity index (χ1v) is 6.07. The summed E-state index contributed by atoms with van der Waals surface area (Å²) >= 11 is 0. The summed E-state index contributed by atoms with van der Waals surface area (Å²) in [6.07, 6.45) is -2.29. The molecule has 0 aromatic carbocycles. The second kappa shape index (κ2) is 4.67. The lowest BCUT2D eigenvalue weighted by atomic mass is 9.64. The molecule has 1 fully saturated rings. The Kier molecular flexibility index (Phi) is 3.47. The van der Waals surface area contributed by atoms with Crippen LogP contribution >= 0.6 is 0 Å². The number of halogens is 3. The number of pyridine rings is 1. The van der Waals surface area contributed by atoms with Gasteiger partial charge >= 0.3 is 6.18 Å². The van der Waals surface area contributed by atoms with E-state index in [0.717, 1.165) is 18.6 Å². The Morgan fingerprint density at radius 1 is 1.42 bits per heavy atom. The van der Waals surface area contributed by atoms with Gasteiger partial charge in [0.25, 0.3) is 0 Å². The van der Waals surface area contributed by atoms with Crippen LogP contribution in [-0.2, 0) is 10.9 Å². The lowest BCUT2D eigenvalue weighted by molar-refractivity contribution is -0.137. The SMILES string of the molecule is COC1CC(Nc2cc(C(F)(F)F)ccn2)C1(C)C. The van der Waals surface area contributed by atoms with Gasteiger partial charge in [-0.15, -0.1) is 0 Å². The van der Waals surface area contributed by atoms with Crippen molar-refractivity contribution >= 4 is 5.82 Å². The van der Waals surface area contributed by atoms with E-state index in [9.17, 15) is 13.2 Å². The van der Waals surface area contributed by atoms with Gasteiger partial charge in [-0.25, -0.2) is 4.98 Å². The van der Waals surface area contributed by atoms with E-state index in [2.05, 4.69) is 10.3 Å². The molecular weight excluding hydrogens is 257 g/mol. The minimum atomic E-state index is -4.34. The number of aromatic nitrogens is 1. The normalized spacial score (nSPS) is 25.8. The summed E-state index contributed by atoms with van der Waals surface area (Å²) in [4.78, 5) is 3.94. The number of rotatable bonds is 3. The van der Waals surface area contributed by atoms with Crippen molar-refractivity contribution in [1.29, 1.82) is 0 Å². The molecule has 6 heteroatoms. The van der Waals surface area contributed by atoms with Gasteiger partial charge in [0, 0.05) is 24.8 Å². The maximum absolute atomic E-state index is 12.6. The number of hydrogen-bond donors (Lipinski definition) is 1. The van der Waals surface area contributed by atoms with E-state index in [0.29, 0.717) is 0 Å². The predicted octanol–water partition coefficient (Wildman–Crippen LogP) is 3.33. The largest absolute Gasteiger partial charge is 0.416 e. The van der Waals surface area contributed by atoms with Crippen LogP contribution in [0.5, 0.6) is 0 Å². The van der Waals surface area contributed by atoms with Crippen LogP contribution in [0.15, 0.2) is 18.3 Å². The third kappa shape index (κ3) is 2.68. The first kappa shape index (κ1) is 14.1. The Morgan fingerprint density at radius 3 is 2.63 bits per heavy atom. The minimum Gasteiger partial charge on any atom is -0.381 e. The molecular formula is C13H17F3N2O. The first-order chi connectivity index (χ1) is 8.75. The minimum absolute atomic E-state index is 0.0634. The highest BCUT2D eigenvalue weighted by Gasteiger charge is 2.48. The number of nitrogens with zero attached hydrogens (tertiary/aromatic N) is 1. The summed E-state index contributed by atoms with van der Waals surface area (Å²) in [7, 11) is 1.64. The fourth-order valence-corrected chi connectivity index (χ4v) is 2.39. The van der Waals surface area contributed by atoms with Crippen LogP contribution in [0, 0.1) is 5.41 Å². The van der Waals surface area contributed by atoms with Crippen molar-refractivity contribution in [2.75, 3.05) is 12.4 Å². The second-order valence-corrected chi connectivity index (χ2v) is 5.41. The van der Waals surface area contributed by atoms with Gasteiger partial charge in [0.05, 0.1) is 11.7 Å². The van der Waals surface area contributed by atoms with Crippen LogP contribution in [-0.4, -0.2) is 24.2 Å². The Balaban J connectivity index is 2.09. The Morgan fingerprint density at radius 2 is 2.11 bits per heavy atom. The fraction of sp³-hybridized carbons (Fsp3) is 0.615. The molecule has 1 saturated carbocycles. The number of ether oxygens (including phenoxy) is 1. The molecule has 2 rings (SSSR count). The van der Waals surface area contributed by atoms with Crippen LogP contribution in [0.2, 0.25) is 0 Å². The zero-order valence-corrected chi connectivity index (χ0v) is 11.1. The molecule has 1 aromatic rings. The van der Waals surface area contributed by atoms with Gasteiger partial charge in [0.2, 0.25) is 0 Å². The summed E-state index contributed by atoms with van der Waals surface area (Å²) < 4.78 is 43.1. The molecule has 1 aliphatic carbocycles. The molecule has 3 nitrogen and oxygen atoms in total. The van der Waals surface area contributed by atoms with Crippen molar-refractivity contribution < 1.29 is 17.9 Å². The predicted molar refractivity (Wildman–Crippen MR) is 65.8 cm³/mol. The quantitative estimate of drug-likeness (QED) is 0.918. The Labute approximate surface area is 110 Å². The average Bonchev–Trinajstić information content (AvgIpc) is 2.33. The monoisotopic (exact) mass is 274 g/mol. The van der Waals surface area contributed by atoms with Gasteiger partial charge in [0.15, 0.2) is 0 Å². The third-order valence-electron chi connectivity index (χ3n) is 3.87. The number of methoxy groups -OCH3 is 1. The first-order valence-electron chi connectivity index (χ1n) is 6.07. The van der Waals surface area contributed by atoms with Gasteiger partial charge in [-0.3, -0.25) is 0 Å². The number of anilines is 1. The topological polar surface area (TPSA) is 34.1 Å². The lowest BCUT2D eigenvalue weighted by Gasteiger charge is -2.51. The fourth-order valence-electron chi connectivity index (χ4n) is 2.39. The van der Waals surface area contributed by atoms with E-state index >= 15 is 0 Å². The van der Waals surface area contributed by atoms with Gasteiger partial charge in [0.1, 0.15) is 5.82 Å². The van der Waals surface area contributed by atoms with Crippen molar-refractivity contribution in [3.63, 3.8) is 0 Å². The van der Waals surface area contributed by atoms with E-state index in [4.69, 9.17) is 4.74 Å². The van der Waals surface area contributed by atoms with E-state index in [-0.39, 0.29) is 23.4 Å². The summed E-state index contributed by atoms with van der Waals surface area (Å²) in [5.41, 5.74) is -0.810. The number of nitrogens with one attached hydrogen (secondary N) is 1. The van der Waals surface area contributed by atoms with Crippen LogP contribution in [0.4, 0.5) is 19.0 Å². The Bertz CT molecular complexity index is 459. The lowest BCUT2D eigenvalue weighted by Crippen LogP contribution is -2.57. The average molecular weight is 274 g/mol. The van der Waals surface area contributed by atoms with Crippen LogP contribution in [0.1, 0.15) is 25.8 Å². The number of alkyl halides is 3. The highest BCUT2D eigenvalue weighted by atomic mass is 19.4. The highest BCUT2D eigenvalue weighted by Crippen LogP contribution is 2.44. The maximum atomic E-state index is 12.6. The maximum Gasteiger partial charge on any atom is 0.416 e. The molecule has 1 aromatic heterocycles. The van der Waals surface area contributed by atoms with Gasteiger partial charge in [-0.05, 0) is 18.6 Å². The van der Waals surface area contributed by atoms with Crippen molar-refractivity contribution in [1.82, 2.24) is 4.98 Å². The van der Waals surface area contributed by atoms with Crippen molar-refractivity contribution in [3.05, 3.63) is 23.9 Å². The molecule has 1 N–H and O–H groups in total. The molecule has 0 radical (unpaired) electrons. The Hall–Kier alpha value is -1.30. The van der Waals surface area contributed by atoms with Crippen LogP contribution in [0.3, 0.4) is 0 Å². The van der Waals surface area contributed by atoms with E-state index < -0.39 is 11.7 Å². The van der Waals surface area contributed by atoms with E-state index in [1.807, 2.05) is 13.8 Å². The molecule has 0 amide bonds. The van der Waals surface area contributed by atoms with Crippen LogP contribution in [0.25, 0.3) is 0 Å². The van der Waals surface area contributed by atoms with Gasteiger partial charge < -0.3 is 10.1 Å². The highest BCUT2D eigenvalue weighted by molar-refractivity contribution is 5.41. The summed E-state index contributed by atoms with van der Waals surface area (Å²) in [5.74, 6) is 0.252. The van der Waals surface area contributed by atoms with Crippen molar-refractivity contribution in [3.8, 4) is 0 Å². The smallest absolute Gasteiger partial charge is 0.381 e. The van der Waals surface area contributed by atoms with Gasteiger partial charge in [-0.1, -0.05) is 13.8 Å². The summed E-state index contributed by atoms with van der Waals surface area (Å²) in [6, 6.07) is 2.07. The molecule has 19 heavy (non-hydrogen) atoms. The molecule has 0 spiro atoms. The van der Waals surface area contributed by atoms with E-state index in [1.54, 1.807) is 7.11 Å². The van der Waals surface area contributed by atoms with Crippen molar-refractivity contribution in [2.45, 2.75) is 38.6 Å². The molecule has 2 unspecified atom stereocenters. The van der Waals surface area contributed by atoms with Gasteiger partial charge in [-0.2, -0.15) is 13.2 Å². The zero-order chi connectivity index (χ0) is 14.3. The third-order valence-corrected chi connectivity index (χ3v) is 3.87. The molecule has 0 bridgehead atoms. The zero-order valence-electron chi connectivity index (χ0n) is 11.1. The standard InChI is InChI=1S/C13H17F3N2O/c1-12(2)9(7-10(12)19-3)18-11-6-8(4-5-17-11)13(14,15)16/h4-6,9-10H,7H2,1-3H3,(H,17,18). The summed E-state index contributed by atoms with van der Waals surface area (Å²) in [5, 5.41) is 3.05. The number of hydrogen-bond acceptors (Lipinski definition) is 3. The summed E-state index contributed by atoms with van der Waals surface area (Å²) in [6.45, 7) is 4.05. The van der Waals surface area contributed by atoms with Crippen LogP contribution < -0.4 is 5.32 Å². The second-order valence-electron chi connectivity index (χ2n) is 5.41. The molecule has 0 aliphatic heterocycles.